The molecular formula is C17H17Cl2N5O3. The van der Waals surface area contributed by atoms with E-state index < -0.39 is 0 Å². The van der Waals surface area contributed by atoms with Crippen LogP contribution in [0, 0.1) is 0 Å². The van der Waals surface area contributed by atoms with Crippen LogP contribution in [-0.4, -0.2) is 27.2 Å². The summed E-state index contributed by atoms with van der Waals surface area (Å²) < 4.78 is 5.40. The van der Waals surface area contributed by atoms with Gasteiger partial charge in [-0.25, -0.2) is 0 Å². The van der Waals surface area contributed by atoms with Crippen LogP contribution < -0.4 is 11.5 Å². The number of amidine groups is 2. The van der Waals surface area contributed by atoms with Gasteiger partial charge in [0.1, 0.15) is 5.69 Å². The molecule has 1 aromatic heterocycles. The Morgan fingerprint density at radius 1 is 0.815 bits per heavy atom. The van der Waals surface area contributed by atoms with Crippen molar-refractivity contribution < 1.29 is 14.9 Å². The van der Waals surface area contributed by atoms with Gasteiger partial charge in [-0.3, -0.25) is 0 Å². The molecule has 0 aliphatic heterocycles. The van der Waals surface area contributed by atoms with Crippen molar-refractivity contribution in [1.29, 1.82) is 0 Å². The van der Waals surface area contributed by atoms with Gasteiger partial charge in [0.25, 0.3) is 0 Å². The predicted molar refractivity (Wildman–Crippen MR) is 107 cm³/mol. The molecule has 0 spiro atoms. The number of nitrogens with two attached hydrogens (primary N) is 2. The van der Waals surface area contributed by atoms with Crippen LogP contribution in [0.25, 0.3) is 22.6 Å². The summed E-state index contributed by atoms with van der Waals surface area (Å²) in [6.45, 7) is 0. The van der Waals surface area contributed by atoms with Gasteiger partial charge in [0.15, 0.2) is 17.4 Å². The van der Waals surface area contributed by atoms with Gasteiger partial charge in [-0.1, -0.05) is 51.9 Å². The van der Waals surface area contributed by atoms with Crippen LogP contribution in [0.15, 0.2) is 69.4 Å². The molecule has 0 amide bonds. The van der Waals surface area contributed by atoms with Gasteiger partial charge in [0.2, 0.25) is 0 Å². The van der Waals surface area contributed by atoms with Crippen molar-refractivity contribution in [2.45, 2.75) is 0 Å². The van der Waals surface area contributed by atoms with Crippen molar-refractivity contribution in [3.63, 3.8) is 0 Å². The maximum Gasteiger partial charge on any atom is 0.170 e. The highest BCUT2D eigenvalue weighted by atomic mass is 35.5. The minimum absolute atomic E-state index is 0. The van der Waals surface area contributed by atoms with E-state index in [4.69, 9.17) is 26.4 Å². The Kier molecular flexibility index (Phi) is 7.64. The van der Waals surface area contributed by atoms with E-state index in [1.54, 1.807) is 42.5 Å². The first-order valence-electron chi connectivity index (χ1n) is 7.25. The molecule has 0 saturated carbocycles. The van der Waals surface area contributed by atoms with Crippen molar-refractivity contribution in [3.05, 3.63) is 65.7 Å². The lowest BCUT2D eigenvalue weighted by Gasteiger charge is -2.01. The number of halogens is 2. The Hall–Kier alpha value is -3.23. The highest BCUT2D eigenvalue weighted by molar-refractivity contribution is 5.98. The van der Waals surface area contributed by atoms with Crippen LogP contribution in [-0.2, 0) is 0 Å². The normalized spacial score (nSPS) is 11.4. The summed E-state index contributed by atoms with van der Waals surface area (Å²) in [5.41, 5.74) is 14.4. The van der Waals surface area contributed by atoms with E-state index in [2.05, 4.69) is 15.5 Å². The molecule has 2 aromatic carbocycles. The Morgan fingerprint density at radius 2 is 1.33 bits per heavy atom. The van der Waals surface area contributed by atoms with Gasteiger partial charge in [0.05, 0.1) is 0 Å². The molecule has 0 bridgehead atoms. The smallest absolute Gasteiger partial charge is 0.170 e. The Bertz CT molecular complexity index is 896. The SMILES string of the molecule is Cl.Cl.N/C(=N\O)c1cccc(-c2cc(-c3cccc(/C(N)=N/O)c3)on2)c1. The first-order valence-corrected chi connectivity index (χ1v) is 7.25. The van der Waals surface area contributed by atoms with Crippen LogP contribution in [0.5, 0.6) is 0 Å². The summed E-state index contributed by atoms with van der Waals surface area (Å²) in [4.78, 5) is 0. The zero-order chi connectivity index (χ0) is 17.8. The average molecular weight is 410 g/mol. The van der Waals surface area contributed by atoms with Crippen LogP contribution in [0.4, 0.5) is 0 Å². The molecule has 3 rings (SSSR count). The Labute approximate surface area is 167 Å². The zero-order valence-corrected chi connectivity index (χ0v) is 15.4. The summed E-state index contributed by atoms with van der Waals surface area (Å²) in [5, 5.41) is 27.6. The Morgan fingerprint density at radius 3 is 1.89 bits per heavy atom. The topological polar surface area (TPSA) is 143 Å². The molecule has 0 aliphatic carbocycles. The molecule has 0 radical (unpaired) electrons. The first-order chi connectivity index (χ1) is 12.1. The second-order valence-electron chi connectivity index (χ2n) is 5.21. The van der Waals surface area contributed by atoms with Crippen molar-refractivity contribution in [3.8, 4) is 22.6 Å². The second kappa shape index (κ2) is 9.46. The number of oxime groups is 2. The monoisotopic (exact) mass is 409 g/mol. The molecule has 1 heterocycles. The van der Waals surface area contributed by atoms with E-state index in [1.165, 1.54) is 0 Å². The molecular weight excluding hydrogens is 393 g/mol. The van der Waals surface area contributed by atoms with E-state index in [9.17, 15) is 0 Å². The third kappa shape index (κ3) is 4.69. The fourth-order valence-electron chi connectivity index (χ4n) is 2.33. The first kappa shape index (κ1) is 21.8. The summed E-state index contributed by atoms with van der Waals surface area (Å²) >= 11 is 0. The number of nitrogens with zero attached hydrogens (tertiary/aromatic N) is 3. The molecule has 0 saturated heterocycles. The lowest BCUT2D eigenvalue weighted by molar-refractivity contribution is 0.318. The molecule has 0 unspecified atom stereocenters. The molecule has 8 nitrogen and oxygen atoms in total. The van der Waals surface area contributed by atoms with E-state index in [0.717, 1.165) is 11.1 Å². The minimum Gasteiger partial charge on any atom is -0.409 e. The molecule has 3 aromatic rings. The van der Waals surface area contributed by atoms with Gasteiger partial charge in [-0.2, -0.15) is 0 Å². The van der Waals surface area contributed by atoms with Gasteiger partial charge < -0.3 is 26.4 Å². The second-order valence-corrected chi connectivity index (χ2v) is 5.21. The third-order valence-electron chi connectivity index (χ3n) is 3.62. The third-order valence-corrected chi connectivity index (χ3v) is 3.62. The fourth-order valence-corrected chi connectivity index (χ4v) is 2.33. The number of hydrogen-bond donors (Lipinski definition) is 4. The predicted octanol–water partition coefficient (Wildman–Crippen LogP) is 3.04. The zero-order valence-electron chi connectivity index (χ0n) is 13.8. The summed E-state index contributed by atoms with van der Waals surface area (Å²) in [6, 6.07) is 15.9. The molecule has 142 valence electrons. The Balaban J connectivity index is 0.00000182. The van der Waals surface area contributed by atoms with Gasteiger partial charge in [-0.05, 0) is 12.1 Å². The van der Waals surface area contributed by atoms with E-state index in [0.29, 0.717) is 22.6 Å². The van der Waals surface area contributed by atoms with Crippen molar-refractivity contribution in [2.75, 3.05) is 0 Å². The molecule has 0 fully saturated rings. The van der Waals surface area contributed by atoms with Crippen LogP contribution in [0.3, 0.4) is 0 Å². The van der Waals surface area contributed by atoms with Crippen molar-refractivity contribution >= 4 is 36.5 Å². The summed E-state index contributed by atoms with van der Waals surface area (Å²) in [6.07, 6.45) is 0. The molecule has 27 heavy (non-hydrogen) atoms. The fraction of sp³-hybridized carbons (Fsp3) is 0. The van der Waals surface area contributed by atoms with Crippen LogP contribution >= 0.6 is 24.8 Å². The van der Waals surface area contributed by atoms with Crippen LogP contribution in [0.1, 0.15) is 11.1 Å². The number of aromatic nitrogens is 1. The lowest BCUT2D eigenvalue weighted by Crippen LogP contribution is -2.12. The van der Waals surface area contributed by atoms with E-state index in [1.807, 2.05) is 12.1 Å². The summed E-state index contributed by atoms with van der Waals surface area (Å²) in [5.74, 6) is 0.543. The standard InChI is InChI=1S/C17H15N5O3.2ClH/c18-16(20-23)12-5-1-3-10(7-12)14-9-15(25-22-14)11-4-2-6-13(8-11)17(19)21-24;;/h1-9,23-24H,(H2,18,20)(H2,19,21);2*1H. The molecule has 0 aliphatic rings. The number of rotatable bonds is 4. The van der Waals surface area contributed by atoms with Crippen molar-refractivity contribution in [2.24, 2.45) is 21.8 Å². The van der Waals surface area contributed by atoms with Crippen LogP contribution in [0.2, 0.25) is 0 Å². The summed E-state index contributed by atoms with van der Waals surface area (Å²) in [7, 11) is 0. The van der Waals surface area contributed by atoms with Crippen molar-refractivity contribution in [1.82, 2.24) is 5.16 Å². The number of benzene rings is 2. The van der Waals surface area contributed by atoms with Gasteiger partial charge >= 0.3 is 0 Å². The maximum absolute atomic E-state index is 8.78. The highest BCUT2D eigenvalue weighted by Crippen LogP contribution is 2.27. The molecule has 10 heteroatoms. The molecule has 6 N–H and O–H groups in total. The number of hydrogen-bond acceptors (Lipinski definition) is 6. The maximum atomic E-state index is 8.78. The van der Waals surface area contributed by atoms with E-state index in [-0.39, 0.29) is 36.5 Å². The average Bonchev–Trinajstić information content (AvgIpc) is 3.17. The quantitative estimate of drug-likeness (QED) is 0.225. The largest absolute Gasteiger partial charge is 0.409 e. The highest BCUT2D eigenvalue weighted by Gasteiger charge is 2.11. The van der Waals surface area contributed by atoms with Gasteiger partial charge in [-0.15, -0.1) is 24.8 Å². The van der Waals surface area contributed by atoms with E-state index >= 15 is 0 Å². The minimum atomic E-state index is 0. The van der Waals surface area contributed by atoms with Gasteiger partial charge in [0, 0.05) is 28.3 Å². The lowest BCUT2D eigenvalue weighted by atomic mass is 10.1. The molecule has 0 atom stereocenters.